The number of hydrogen-bond acceptors (Lipinski definition) is 5. The Morgan fingerprint density at radius 3 is 2.47 bits per heavy atom. The van der Waals surface area contributed by atoms with Crippen molar-refractivity contribution in [2.24, 2.45) is 0 Å². The topological polar surface area (TPSA) is 72.0 Å². The Labute approximate surface area is 103 Å². The Kier molecular flexibility index (Phi) is 4.26. The van der Waals surface area contributed by atoms with Gasteiger partial charge >= 0.3 is 0 Å². The van der Waals surface area contributed by atoms with Crippen molar-refractivity contribution in [3.8, 4) is 0 Å². The minimum atomic E-state index is -2.97. The molecular weight excluding hydrogens is 329 g/mol. The highest BCUT2D eigenvalue weighted by Gasteiger charge is 2.10. The standard InChI is InChI=1S/C8H12IN3O2S/c1-6(5-15(2,13)14)12-8-10-3-7(9)4-11-8/h3-4,6H,5H2,1-2H3,(H,10,11,12). The summed E-state index contributed by atoms with van der Waals surface area (Å²) in [6.07, 6.45) is 4.55. The van der Waals surface area contributed by atoms with E-state index in [0.717, 1.165) is 3.57 Å². The molecule has 0 amide bonds. The van der Waals surface area contributed by atoms with E-state index in [0.29, 0.717) is 5.95 Å². The van der Waals surface area contributed by atoms with Crippen LogP contribution in [0, 0.1) is 3.57 Å². The van der Waals surface area contributed by atoms with Crippen molar-refractivity contribution in [1.29, 1.82) is 0 Å². The monoisotopic (exact) mass is 341 g/mol. The van der Waals surface area contributed by atoms with E-state index in [1.807, 2.05) is 0 Å². The molecule has 5 nitrogen and oxygen atoms in total. The third-order valence-electron chi connectivity index (χ3n) is 1.55. The Balaban J connectivity index is 2.59. The molecule has 84 valence electrons. The highest BCUT2D eigenvalue weighted by atomic mass is 127. The van der Waals surface area contributed by atoms with Gasteiger partial charge in [-0.2, -0.15) is 0 Å². The Morgan fingerprint density at radius 1 is 1.47 bits per heavy atom. The van der Waals surface area contributed by atoms with Gasteiger partial charge in [0.1, 0.15) is 9.84 Å². The molecule has 0 bridgehead atoms. The lowest BCUT2D eigenvalue weighted by Gasteiger charge is -2.11. The molecule has 1 aromatic rings. The molecule has 0 fully saturated rings. The average molecular weight is 341 g/mol. The molecule has 7 heteroatoms. The predicted octanol–water partition coefficient (Wildman–Crippen LogP) is 0.926. The molecule has 0 spiro atoms. The van der Waals surface area contributed by atoms with Crippen molar-refractivity contribution in [3.63, 3.8) is 0 Å². The van der Waals surface area contributed by atoms with Crippen LogP contribution in [0.3, 0.4) is 0 Å². The molecule has 1 N–H and O–H groups in total. The van der Waals surface area contributed by atoms with Crippen LogP contribution in [0.25, 0.3) is 0 Å². The fourth-order valence-electron chi connectivity index (χ4n) is 1.10. The maximum Gasteiger partial charge on any atom is 0.222 e. The van der Waals surface area contributed by atoms with E-state index in [4.69, 9.17) is 0 Å². The molecule has 15 heavy (non-hydrogen) atoms. The van der Waals surface area contributed by atoms with Gasteiger partial charge in [-0.15, -0.1) is 0 Å². The summed E-state index contributed by atoms with van der Waals surface area (Å²) < 4.78 is 22.9. The summed E-state index contributed by atoms with van der Waals surface area (Å²) in [7, 11) is -2.97. The summed E-state index contributed by atoms with van der Waals surface area (Å²) >= 11 is 2.10. The second-order valence-corrected chi connectivity index (χ2v) is 6.79. The van der Waals surface area contributed by atoms with Gasteiger partial charge in [-0.1, -0.05) is 0 Å². The van der Waals surface area contributed by atoms with Gasteiger partial charge in [0, 0.05) is 28.3 Å². The Bertz CT molecular complexity index is 418. The van der Waals surface area contributed by atoms with Crippen molar-refractivity contribution in [3.05, 3.63) is 16.0 Å². The summed E-state index contributed by atoms with van der Waals surface area (Å²) in [4.78, 5) is 8.05. The first-order chi connectivity index (χ1) is 6.87. The summed E-state index contributed by atoms with van der Waals surface area (Å²) in [6.45, 7) is 1.78. The highest BCUT2D eigenvalue weighted by molar-refractivity contribution is 14.1. The number of hydrogen-bond donors (Lipinski definition) is 1. The Morgan fingerprint density at radius 2 is 2.00 bits per heavy atom. The van der Waals surface area contributed by atoms with Crippen LogP contribution in [0.2, 0.25) is 0 Å². The van der Waals surface area contributed by atoms with Crippen molar-refractivity contribution in [1.82, 2.24) is 9.97 Å². The molecule has 0 aliphatic heterocycles. The molecule has 1 unspecified atom stereocenters. The lowest BCUT2D eigenvalue weighted by Crippen LogP contribution is -2.25. The van der Waals surface area contributed by atoms with E-state index in [2.05, 4.69) is 37.9 Å². The molecule has 0 aromatic carbocycles. The molecular formula is C8H12IN3O2S. The van der Waals surface area contributed by atoms with E-state index < -0.39 is 9.84 Å². The van der Waals surface area contributed by atoms with Crippen molar-refractivity contribution < 1.29 is 8.42 Å². The van der Waals surface area contributed by atoms with Crippen LogP contribution in [0.15, 0.2) is 12.4 Å². The smallest absolute Gasteiger partial charge is 0.222 e. The molecule has 0 radical (unpaired) electrons. The van der Waals surface area contributed by atoms with Crippen LogP contribution in [0.1, 0.15) is 6.92 Å². The molecule has 0 aliphatic carbocycles. The molecule has 0 saturated heterocycles. The Hall–Kier alpha value is -0.440. The first-order valence-electron chi connectivity index (χ1n) is 4.28. The lowest BCUT2D eigenvalue weighted by molar-refractivity contribution is 0.597. The molecule has 0 saturated carbocycles. The van der Waals surface area contributed by atoms with Crippen LogP contribution in [0.5, 0.6) is 0 Å². The van der Waals surface area contributed by atoms with Crippen LogP contribution >= 0.6 is 22.6 Å². The van der Waals surface area contributed by atoms with E-state index in [-0.39, 0.29) is 11.8 Å². The number of anilines is 1. The van der Waals surface area contributed by atoms with Gasteiger partial charge < -0.3 is 5.32 Å². The van der Waals surface area contributed by atoms with Gasteiger partial charge in [-0.3, -0.25) is 0 Å². The van der Waals surface area contributed by atoms with Crippen LogP contribution in [0.4, 0.5) is 5.95 Å². The van der Waals surface area contributed by atoms with Crippen molar-refractivity contribution >= 4 is 38.4 Å². The largest absolute Gasteiger partial charge is 0.351 e. The first kappa shape index (κ1) is 12.6. The normalized spacial score (nSPS) is 13.5. The second kappa shape index (κ2) is 5.06. The zero-order valence-electron chi connectivity index (χ0n) is 8.44. The number of nitrogens with zero attached hydrogens (tertiary/aromatic N) is 2. The van der Waals surface area contributed by atoms with E-state index in [9.17, 15) is 8.42 Å². The third kappa shape index (κ3) is 5.26. The van der Waals surface area contributed by atoms with Gasteiger partial charge in [0.15, 0.2) is 0 Å². The van der Waals surface area contributed by atoms with Gasteiger partial charge in [0.2, 0.25) is 5.95 Å². The predicted molar refractivity (Wildman–Crippen MR) is 67.5 cm³/mol. The van der Waals surface area contributed by atoms with Gasteiger partial charge in [0.05, 0.1) is 5.75 Å². The zero-order valence-corrected chi connectivity index (χ0v) is 11.4. The number of aromatic nitrogens is 2. The first-order valence-corrected chi connectivity index (χ1v) is 7.42. The summed E-state index contributed by atoms with van der Waals surface area (Å²) in [5.74, 6) is 0.522. The molecule has 0 aliphatic rings. The lowest BCUT2D eigenvalue weighted by atomic mass is 10.4. The molecule has 1 aromatic heterocycles. The minimum Gasteiger partial charge on any atom is -0.351 e. The zero-order chi connectivity index (χ0) is 11.5. The van der Waals surface area contributed by atoms with E-state index in [1.165, 1.54) is 6.26 Å². The second-order valence-electron chi connectivity index (χ2n) is 3.36. The SMILES string of the molecule is CC(CS(C)(=O)=O)Nc1ncc(I)cn1. The average Bonchev–Trinajstić information content (AvgIpc) is 2.05. The number of nitrogens with one attached hydrogen (secondary N) is 1. The van der Waals surface area contributed by atoms with Crippen LogP contribution < -0.4 is 5.32 Å². The fourth-order valence-corrected chi connectivity index (χ4v) is 2.37. The number of sulfone groups is 1. The summed E-state index contributed by atoms with van der Waals surface area (Å²) in [5.41, 5.74) is 0. The quantitative estimate of drug-likeness (QED) is 0.825. The molecule has 1 heterocycles. The van der Waals surface area contributed by atoms with E-state index >= 15 is 0 Å². The van der Waals surface area contributed by atoms with E-state index in [1.54, 1.807) is 19.3 Å². The van der Waals surface area contributed by atoms with Crippen LogP contribution in [-0.2, 0) is 9.84 Å². The number of halogens is 1. The third-order valence-corrected chi connectivity index (χ3v) is 3.21. The highest BCUT2D eigenvalue weighted by Crippen LogP contribution is 2.04. The van der Waals surface area contributed by atoms with Crippen LogP contribution in [-0.4, -0.2) is 36.4 Å². The number of rotatable bonds is 4. The minimum absolute atomic E-state index is 0.0718. The molecule has 1 rings (SSSR count). The maximum absolute atomic E-state index is 11.0. The summed E-state index contributed by atoms with van der Waals surface area (Å²) in [5, 5.41) is 2.92. The summed E-state index contributed by atoms with van der Waals surface area (Å²) in [6, 6.07) is -0.194. The molecule has 1 atom stereocenters. The van der Waals surface area contributed by atoms with Crippen molar-refractivity contribution in [2.45, 2.75) is 13.0 Å². The maximum atomic E-state index is 11.0. The fraction of sp³-hybridized carbons (Fsp3) is 0.500. The van der Waals surface area contributed by atoms with Gasteiger partial charge in [-0.25, -0.2) is 18.4 Å². The van der Waals surface area contributed by atoms with Crippen molar-refractivity contribution in [2.75, 3.05) is 17.3 Å². The van der Waals surface area contributed by atoms with Gasteiger partial charge in [0.25, 0.3) is 0 Å². The van der Waals surface area contributed by atoms with Gasteiger partial charge in [-0.05, 0) is 29.5 Å².